The molecule has 0 aliphatic heterocycles. The molecule has 0 bridgehead atoms. The fraction of sp³-hybridized carbons (Fsp3) is 0.333. The molecule has 0 aliphatic rings. The predicted molar refractivity (Wildman–Crippen MR) is 70.0 cm³/mol. The minimum atomic E-state index is -0.208. The average molecular weight is 243 g/mol. The lowest BCUT2D eigenvalue weighted by Crippen LogP contribution is -2.01. The molecular weight excluding hydrogens is 226 g/mol. The Morgan fingerprint density at radius 2 is 2.11 bits per heavy atom. The predicted octanol–water partition coefficient (Wildman–Crippen LogP) is 3.17. The normalized spacial score (nSPS) is 12.1. The standard InChI is InChI=1S/C15H17NO2/c1-3-18-15(17)6-4-5-12(2)14-9-7-13(11-16)8-10-14/h4-5,7-10,12H,3,6H2,1-2H3/b5-4+/t12-/m1/s1. The van der Waals surface area contributed by atoms with E-state index in [9.17, 15) is 4.79 Å². The summed E-state index contributed by atoms with van der Waals surface area (Å²) in [6.07, 6.45) is 4.09. The van der Waals surface area contributed by atoms with Gasteiger partial charge in [-0.1, -0.05) is 31.2 Å². The molecule has 0 saturated carbocycles. The van der Waals surface area contributed by atoms with E-state index in [1.165, 1.54) is 0 Å². The van der Waals surface area contributed by atoms with Crippen LogP contribution in [0.4, 0.5) is 0 Å². The highest BCUT2D eigenvalue weighted by Gasteiger charge is 2.02. The number of hydrogen-bond acceptors (Lipinski definition) is 3. The molecule has 1 aromatic rings. The van der Waals surface area contributed by atoms with Crippen molar-refractivity contribution in [3.63, 3.8) is 0 Å². The van der Waals surface area contributed by atoms with Gasteiger partial charge in [-0.3, -0.25) is 4.79 Å². The van der Waals surface area contributed by atoms with Gasteiger partial charge in [-0.25, -0.2) is 0 Å². The van der Waals surface area contributed by atoms with Crippen molar-refractivity contribution in [3.8, 4) is 6.07 Å². The molecule has 0 aliphatic carbocycles. The first kappa shape index (κ1) is 14.0. The maximum atomic E-state index is 11.1. The number of carbonyl (C=O) groups excluding carboxylic acids is 1. The van der Waals surface area contributed by atoms with Crippen LogP contribution in [0.3, 0.4) is 0 Å². The molecule has 3 heteroatoms. The van der Waals surface area contributed by atoms with Crippen LogP contribution in [0.2, 0.25) is 0 Å². The van der Waals surface area contributed by atoms with Crippen molar-refractivity contribution in [2.45, 2.75) is 26.2 Å². The number of benzene rings is 1. The summed E-state index contributed by atoms with van der Waals surface area (Å²) >= 11 is 0. The summed E-state index contributed by atoms with van der Waals surface area (Å²) in [6.45, 7) is 4.25. The molecule has 1 atom stereocenters. The number of carbonyl (C=O) groups is 1. The van der Waals surface area contributed by atoms with Gasteiger partial charge in [0, 0.05) is 0 Å². The number of hydrogen-bond donors (Lipinski definition) is 0. The van der Waals surface area contributed by atoms with Crippen LogP contribution in [0, 0.1) is 11.3 Å². The lowest BCUT2D eigenvalue weighted by atomic mass is 9.99. The van der Waals surface area contributed by atoms with Gasteiger partial charge in [-0.2, -0.15) is 5.26 Å². The van der Waals surface area contributed by atoms with E-state index in [4.69, 9.17) is 10.00 Å². The monoisotopic (exact) mass is 243 g/mol. The van der Waals surface area contributed by atoms with Crippen LogP contribution in [0.15, 0.2) is 36.4 Å². The molecule has 94 valence electrons. The molecule has 1 rings (SSSR count). The van der Waals surface area contributed by atoms with Crippen molar-refractivity contribution in [1.82, 2.24) is 0 Å². The van der Waals surface area contributed by atoms with E-state index in [1.807, 2.05) is 31.2 Å². The van der Waals surface area contributed by atoms with E-state index in [1.54, 1.807) is 19.1 Å². The summed E-state index contributed by atoms with van der Waals surface area (Å²) in [5, 5.41) is 8.70. The van der Waals surface area contributed by atoms with E-state index < -0.39 is 0 Å². The second kappa shape index (κ2) is 7.29. The number of nitriles is 1. The van der Waals surface area contributed by atoms with Crippen molar-refractivity contribution < 1.29 is 9.53 Å². The lowest BCUT2D eigenvalue weighted by Gasteiger charge is -2.06. The lowest BCUT2D eigenvalue weighted by molar-refractivity contribution is -0.142. The molecule has 1 aromatic carbocycles. The number of ether oxygens (including phenoxy) is 1. The second-order valence-corrected chi connectivity index (χ2v) is 3.96. The van der Waals surface area contributed by atoms with Gasteiger partial charge in [0.1, 0.15) is 0 Å². The molecule has 0 N–H and O–H groups in total. The van der Waals surface area contributed by atoms with Crippen LogP contribution in [0.5, 0.6) is 0 Å². The van der Waals surface area contributed by atoms with Gasteiger partial charge in [0.2, 0.25) is 0 Å². The van der Waals surface area contributed by atoms with Crippen LogP contribution in [-0.4, -0.2) is 12.6 Å². The summed E-state index contributed by atoms with van der Waals surface area (Å²) in [6, 6.07) is 9.54. The van der Waals surface area contributed by atoms with Gasteiger partial charge in [-0.05, 0) is 30.5 Å². The fourth-order valence-corrected chi connectivity index (χ4v) is 1.56. The van der Waals surface area contributed by atoms with Gasteiger partial charge >= 0.3 is 5.97 Å². The molecule has 18 heavy (non-hydrogen) atoms. The van der Waals surface area contributed by atoms with E-state index in [2.05, 4.69) is 6.07 Å². The largest absolute Gasteiger partial charge is 0.466 e. The van der Waals surface area contributed by atoms with Gasteiger partial charge < -0.3 is 4.74 Å². The molecule has 0 fully saturated rings. The Bertz CT molecular complexity index is 454. The van der Waals surface area contributed by atoms with Crippen molar-refractivity contribution in [2.75, 3.05) is 6.61 Å². The van der Waals surface area contributed by atoms with Gasteiger partial charge in [0.05, 0.1) is 24.7 Å². The third-order valence-corrected chi connectivity index (χ3v) is 2.58. The van der Waals surface area contributed by atoms with Crippen molar-refractivity contribution in [1.29, 1.82) is 5.26 Å². The number of allylic oxidation sites excluding steroid dienone is 1. The maximum Gasteiger partial charge on any atom is 0.309 e. The van der Waals surface area contributed by atoms with Crippen LogP contribution in [0.1, 0.15) is 37.3 Å². The Kier molecular flexibility index (Phi) is 5.66. The SMILES string of the molecule is CCOC(=O)C/C=C/[C@@H](C)c1ccc(C#N)cc1. The molecule has 0 spiro atoms. The smallest absolute Gasteiger partial charge is 0.309 e. The fourth-order valence-electron chi connectivity index (χ4n) is 1.56. The van der Waals surface area contributed by atoms with E-state index in [-0.39, 0.29) is 11.9 Å². The molecule has 0 unspecified atom stereocenters. The zero-order chi connectivity index (χ0) is 13.4. The summed E-state index contributed by atoms with van der Waals surface area (Å²) in [7, 11) is 0. The number of rotatable bonds is 5. The molecule has 0 saturated heterocycles. The quantitative estimate of drug-likeness (QED) is 0.589. The van der Waals surface area contributed by atoms with Gasteiger partial charge in [-0.15, -0.1) is 0 Å². The second-order valence-electron chi connectivity index (χ2n) is 3.96. The third-order valence-electron chi connectivity index (χ3n) is 2.58. The first-order valence-electron chi connectivity index (χ1n) is 5.99. The maximum absolute atomic E-state index is 11.1. The zero-order valence-electron chi connectivity index (χ0n) is 10.7. The minimum absolute atomic E-state index is 0.208. The van der Waals surface area contributed by atoms with Crippen molar-refractivity contribution >= 4 is 5.97 Å². The Labute approximate surface area is 108 Å². The molecule has 0 amide bonds. The van der Waals surface area contributed by atoms with Crippen LogP contribution in [0.25, 0.3) is 0 Å². The van der Waals surface area contributed by atoms with Crippen LogP contribution >= 0.6 is 0 Å². The highest BCUT2D eigenvalue weighted by Crippen LogP contribution is 2.17. The molecule has 0 aromatic heterocycles. The van der Waals surface area contributed by atoms with E-state index in [0.717, 1.165) is 5.56 Å². The van der Waals surface area contributed by atoms with Crippen molar-refractivity contribution in [3.05, 3.63) is 47.5 Å². The van der Waals surface area contributed by atoms with Crippen LogP contribution < -0.4 is 0 Å². The molecule has 3 nitrogen and oxygen atoms in total. The topological polar surface area (TPSA) is 50.1 Å². The molecule has 0 heterocycles. The Balaban J connectivity index is 2.54. The van der Waals surface area contributed by atoms with Gasteiger partial charge in [0.15, 0.2) is 0 Å². The highest BCUT2D eigenvalue weighted by molar-refractivity contribution is 5.71. The Hall–Kier alpha value is -2.08. The number of nitrogens with zero attached hydrogens (tertiary/aromatic N) is 1. The Morgan fingerprint density at radius 3 is 2.67 bits per heavy atom. The summed E-state index contributed by atoms with van der Waals surface area (Å²) in [4.78, 5) is 11.1. The zero-order valence-corrected chi connectivity index (χ0v) is 10.7. The molecular formula is C15H17NO2. The van der Waals surface area contributed by atoms with E-state index >= 15 is 0 Å². The highest BCUT2D eigenvalue weighted by atomic mass is 16.5. The van der Waals surface area contributed by atoms with Crippen molar-refractivity contribution in [2.24, 2.45) is 0 Å². The van der Waals surface area contributed by atoms with E-state index in [0.29, 0.717) is 18.6 Å². The number of esters is 1. The average Bonchev–Trinajstić information content (AvgIpc) is 2.39. The first-order valence-corrected chi connectivity index (χ1v) is 5.99. The first-order chi connectivity index (χ1) is 8.67. The summed E-state index contributed by atoms with van der Waals surface area (Å²) in [5.41, 5.74) is 1.77. The van der Waals surface area contributed by atoms with Crippen LogP contribution in [-0.2, 0) is 9.53 Å². The minimum Gasteiger partial charge on any atom is -0.466 e. The molecule has 0 radical (unpaired) electrons. The summed E-state index contributed by atoms with van der Waals surface area (Å²) < 4.78 is 4.83. The van der Waals surface area contributed by atoms with Gasteiger partial charge in [0.25, 0.3) is 0 Å². The summed E-state index contributed by atoms with van der Waals surface area (Å²) in [5.74, 6) is 0.00736. The third kappa shape index (κ3) is 4.42. The Morgan fingerprint density at radius 1 is 1.44 bits per heavy atom.